The molecule has 2 aromatic rings. The van der Waals surface area contributed by atoms with Crippen LogP contribution in [0.15, 0.2) is 53.4 Å². The van der Waals surface area contributed by atoms with E-state index in [1.54, 1.807) is 6.07 Å². The Hall–Kier alpha value is -2.21. The van der Waals surface area contributed by atoms with Crippen LogP contribution in [-0.4, -0.2) is 20.1 Å². The van der Waals surface area contributed by atoms with Gasteiger partial charge in [-0.2, -0.15) is 0 Å². The predicted octanol–water partition coefficient (Wildman–Crippen LogP) is 3.33. The second kappa shape index (κ2) is 7.37. The van der Waals surface area contributed by atoms with Gasteiger partial charge in [0.2, 0.25) is 5.91 Å². The van der Waals surface area contributed by atoms with Gasteiger partial charge in [-0.25, -0.2) is 12.8 Å². The van der Waals surface area contributed by atoms with Gasteiger partial charge in [0.05, 0.1) is 10.6 Å². The van der Waals surface area contributed by atoms with Crippen LogP contribution in [-0.2, 0) is 14.6 Å². The molecule has 0 radical (unpaired) electrons. The van der Waals surface area contributed by atoms with Crippen LogP contribution >= 0.6 is 0 Å². The zero-order valence-corrected chi connectivity index (χ0v) is 13.6. The van der Waals surface area contributed by atoms with E-state index >= 15 is 0 Å². The summed E-state index contributed by atoms with van der Waals surface area (Å²) in [6.07, 6.45) is 0.311. The number of halogens is 1. The van der Waals surface area contributed by atoms with E-state index in [9.17, 15) is 17.6 Å². The van der Waals surface area contributed by atoms with E-state index in [4.69, 9.17) is 0 Å². The molecule has 0 saturated carbocycles. The first-order valence-electron chi connectivity index (χ1n) is 7.22. The van der Waals surface area contributed by atoms with Crippen molar-refractivity contribution in [3.05, 3.63) is 59.9 Å². The molecule has 122 valence electrons. The van der Waals surface area contributed by atoms with Crippen molar-refractivity contribution < 1.29 is 17.6 Å². The molecule has 0 spiro atoms. The summed E-state index contributed by atoms with van der Waals surface area (Å²) in [4.78, 5) is 11.9. The number of carbonyl (C=O) groups is 1. The van der Waals surface area contributed by atoms with Crippen molar-refractivity contribution >= 4 is 21.4 Å². The first-order valence-corrected chi connectivity index (χ1v) is 8.87. The fraction of sp³-hybridized carbons (Fsp3) is 0.235. The average Bonchev–Trinajstić information content (AvgIpc) is 2.47. The maximum absolute atomic E-state index is 12.8. The molecule has 0 aliphatic carbocycles. The highest BCUT2D eigenvalue weighted by Gasteiger charge is 2.15. The first-order chi connectivity index (χ1) is 10.9. The lowest BCUT2D eigenvalue weighted by atomic mass is 10.2. The Labute approximate surface area is 135 Å². The van der Waals surface area contributed by atoms with Crippen LogP contribution < -0.4 is 5.32 Å². The fourth-order valence-electron chi connectivity index (χ4n) is 2.13. The molecule has 0 fully saturated rings. The molecule has 0 aliphatic rings. The number of amides is 1. The molecule has 0 atom stereocenters. The van der Waals surface area contributed by atoms with Crippen molar-refractivity contribution in [1.29, 1.82) is 0 Å². The molecule has 0 aromatic heterocycles. The Bertz CT molecular complexity index is 786. The molecule has 2 aromatic carbocycles. The molecule has 23 heavy (non-hydrogen) atoms. The maximum Gasteiger partial charge on any atom is 0.224 e. The molecule has 0 bridgehead atoms. The van der Waals surface area contributed by atoms with Crippen LogP contribution in [0.3, 0.4) is 0 Å². The predicted molar refractivity (Wildman–Crippen MR) is 87.5 cm³/mol. The van der Waals surface area contributed by atoms with Crippen molar-refractivity contribution in [2.75, 3.05) is 11.1 Å². The molecule has 6 heteroatoms. The monoisotopic (exact) mass is 335 g/mol. The second-order valence-corrected chi connectivity index (χ2v) is 7.40. The highest BCUT2D eigenvalue weighted by Crippen LogP contribution is 2.14. The van der Waals surface area contributed by atoms with Gasteiger partial charge in [-0.15, -0.1) is 0 Å². The summed E-state index contributed by atoms with van der Waals surface area (Å²) in [6, 6.07) is 12.1. The van der Waals surface area contributed by atoms with Gasteiger partial charge in [0.15, 0.2) is 9.84 Å². The normalized spacial score (nSPS) is 11.2. The Balaban J connectivity index is 1.86. The van der Waals surface area contributed by atoms with Crippen LogP contribution in [0.2, 0.25) is 0 Å². The van der Waals surface area contributed by atoms with Crippen molar-refractivity contribution in [3.63, 3.8) is 0 Å². The zero-order chi connectivity index (χ0) is 16.9. The van der Waals surface area contributed by atoms with E-state index in [-0.39, 0.29) is 29.4 Å². The summed E-state index contributed by atoms with van der Waals surface area (Å²) < 4.78 is 37.0. The van der Waals surface area contributed by atoms with Crippen molar-refractivity contribution in [1.82, 2.24) is 0 Å². The number of sulfone groups is 1. The third kappa shape index (κ3) is 5.17. The van der Waals surface area contributed by atoms with E-state index in [1.165, 1.54) is 12.1 Å². The smallest absolute Gasteiger partial charge is 0.224 e. The van der Waals surface area contributed by atoms with Crippen molar-refractivity contribution in [3.8, 4) is 0 Å². The van der Waals surface area contributed by atoms with Crippen LogP contribution in [0, 0.1) is 12.7 Å². The number of anilines is 1. The zero-order valence-electron chi connectivity index (χ0n) is 12.8. The molecule has 0 heterocycles. The topological polar surface area (TPSA) is 63.2 Å². The minimum Gasteiger partial charge on any atom is -0.326 e. The maximum atomic E-state index is 12.8. The number of carbonyl (C=O) groups excluding carboxylic acids is 1. The Kier molecular flexibility index (Phi) is 5.50. The van der Waals surface area contributed by atoms with Gasteiger partial charge in [-0.3, -0.25) is 4.79 Å². The number of benzene rings is 2. The summed E-state index contributed by atoms with van der Waals surface area (Å²) in [5, 5.41) is 2.73. The van der Waals surface area contributed by atoms with E-state index in [0.29, 0.717) is 5.69 Å². The van der Waals surface area contributed by atoms with Gasteiger partial charge in [-0.05, 0) is 55.3 Å². The lowest BCUT2D eigenvalue weighted by Gasteiger charge is -2.07. The molecule has 0 aliphatic heterocycles. The average molecular weight is 335 g/mol. The summed E-state index contributed by atoms with van der Waals surface area (Å²) in [6.45, 7) is 1.92. The van der Waals surface area contributed by atoms with Gasteiger partial charge in [-0.1, -0.05) is 12.1 Å². The van der Waals surface area contributed by atoms with Crippen molar-refractivity contribution in [2.24, 2.45) is 0 Å². The van der Waals surface area contributed by atoms with Crippen LogP contribution in [0.5, 0.6) is 0 Å². The molecular weight excluding hydrogens is 317 g/mol. The van der Waals surface area contributed by atoms with Gasteiger partial charge in [0.25, 0.3) is 0 Å². The summed E-state index contributed by atoms with van der Waals surface area (Å²) in [5.74, 6) is -0.869. The first kappa shape index (κ1) is 17.1. The Morgan fingerprint density at radius 1 is 1.13 bits per heavy atom. The molecule has 1 N–H and O–H groups in total. The molecule has 0 unspecified atom stereocenters. The lowest BCUT2D eigenvalue weighted by Crippen LogP contribution is -2.14. The highest BCUT2D eigenvalue weighted by molar-refractivity contribution is 7.91. The van der Waals surface area contributed by atoms with Crippen molar-refractivity contribution in [2.45, 2.75) is 24.7 Å². The third-order valence-corrected chi connectivity index (χ3v) is 5.11. The van der Waals surface area contributed by atoms with Crippen LogP contribution in [0.25, 0.3) is 0 Å². The minimum atomic E-state index is -3.50. The molecule has 1 amide bonds. The van der Waals surface area contributed by atoms with Gasteiger partial charge in [0.1, 0.15) is 5.82 Å². The van der Waals surface area contributed by atoms with Gasteiger partial charge >= 0.3 is 0 Å². The molecule has 2 rings (SSSR count). The quantitative estimate of drug-likeness (QED) is 0.824. The Morgan fingerprint density at radius 2 is 1.83 bits per heavy atom. The van der Waals surface area contributed by atoms with E-state index in [0.717, 1.165) is 17.7 Å². The van der Waals surface area contributed by atoms with E-state index in [1.807, 2.05) is 25.1 Å². The second-order valence-electron chi connectivity index (χ2n) is 5.29. The lowest BCUT2D eigenvalue weighted by molar-refractivity contribution is -0.116. The number of nitrogens with one attached hydrogen (secondary N) is 1. The number of rotatable bonds is 6. The summed E-state index contributed by atoms with van der Waals surface area (Å²) in [5.41, 5.74) is 1.72. The number of hydrogen-bond donors (Lipinski definition) is 1. The third-order valence-electron chi connectivity index (χ3n) is 3.29. The highest BCUT2D eigenvalue weighted by atomic mass is 32.2. The Morgan fingerprint density at radius 3 is 2.48 bits per heavy atom. The SMILES string of the molecule is Cc1cccc(NC(=O)CCCS(=O)(=O)c2ccc(F)cc2)c1. The standard InChI is InChI=1S/C17H18FNO3S/c1-13-4-2-5-15(12-13)19-17(20)6-3-11-23(21,22)16-9-7-14(18)8-10-16/h2,4-5,7-10,12H,3,6,11H2,1H3,(H,19,20). The minimum absolute atomic E-state index is 0.0676. The fourth-order valence-corrected chi connectivity index (χ4v) is 3.44. The summed E-state index contributed by atoms with van der Waals surface area (Å²) >= 11 is 0. The van der Waals surface area contributed by atoms with E-state index in [2.05, 4.69) is 5.32 Å². The largest absolute Gasteiger partial charge is 0.326 e. The molecular formula is C17H18FNO3S. The molecule has 0 saturated heterocycles. The number of aryl methyl sites for hydroxylation is 1. The van der Waals surface area contributed by atoms with Gasteiger partial charge in [0, 0.05) is 12.1 Å². The summed E-state index contributed by atoms with van der Waals surface area (Å²) in [7, 11) is -3.50. The van der Waals surface area contributed by atoms with Gasteiger partial charge < -0.3 is 5.32 Å². The molecule has 4 nitrogen and oxygen atoms in total. The van der Waals surface area contributed by atoms with Crippen LogP contribution in [0.4, 0.5) is 10.1 Å². The van der Waals surface area contributed by atoms with E-state index < -0.39 is 15.7 Å². The number of hydrogen-bond acceptors (Lipinski definition) is 3. The van der Waals surface area contributed by atoms with Crippen LogP contribution in [0.1, 0.15) is 18.4 Å².